The number of nitrogens with one attached hydrogen (secondary N) is 1. The molecule has 2 rings (SSSR count). The lowest BCUT2D eigenvalue weighted by Crippen LogP contribution is -2.63. The standard InChI is InChI=1S/C17H34N2O/c1-3-5-12-20-13-11-19-15-17(9-6-7-10-17)18-14-16(19)8-4-2/h16,18H,3-15H2,1-2H3. The predicted octanol–water partition coefficient (Wildman–Crippen LogP) is 3.19. The second kappa shape index (κ2) is 8.35. The summed E-state index contributed by atoms with van der Waals surface area (Å²) in [5.41, 5.74) is 0.438. The van der Waals surface area contributed by atoms with Crippen LogP contribution in [0.3, 0.4) is 0 Å². The monoisotopic (exact) mass is 282 g/mol. The molecule has 1 aliphatic heterocycles. The smallest absolute Gasteiger partial charge is 0.0593 e. The maximum Gasteiger partial charge on any atom is 0.0593 e. The third-order valence-electron chi connectivity index (χ3n) is 5.08. The molecular weight excluding hydrogens is 248 g/mol. The van der Waals surface area contributed by atoms with E-state index in [-0.39, 0.29) is 0 Å². The van der Waals surface area contributed by atoms with Crippen molar-refractivity contribution in [2.75, 3.05) is 32.8 Å². The maximum atomic E-state index is 5.79. The van der Waals surface area contributed by atoms with Crippen molar-refractivity contribution < 1.29 is 4.74 Å². The first-order valence-corrected chi connectivity index (χ1v) is 8.86. The van der Waals surface area contributed by atoms with Crippen LogP contribution in [0, 0.1) is 0 Å². The highest BCUT2D eigenvalue weighted by Gasteiger charge is 2.40. The molecule has 1 atom stereocenters. The van der Waals surface area contributed by atoms with Crippen LogP contribution in [0.1, 0.15) is 65.2 Å². The van der Waals surface area contributed by atoms with Crippen molar-refractivity contribution in [3.05, 3.63) is 0 Å². The Bertz CT molecular complexity index is 264. The van der Waals surface area contributed by atoms with Gasteiger partial charge in [-0.3, -0.25) is 4.90 Å². The zero-order valence-corrected chi connectivity index (χ0v) is 13.6. The summed E-state index contributed by atoms with van der Waals surface area (Å²) in [6.45, 7) is 9.93. The van der Waals surface area contributed by atoms with E-state index in [1.165, 1.54) is 64.5 Å². The van der Waals surface area contributed by atoms with Gasteiger partial charge in [0.05, 0.1) is 6.61 Å². The molecule has 3 nitrogen and oxygen atoms in total. The largest absolute Gasteiger partial charge is 0.380 e. The molecule has 1 spiro atoms. The van der Waals surface area contributed by atoms with Crippen molar-refractivity contribution >= 4 is 0 Å². The number of nitrogens with zero attached hydrogens (tertiary/aromatic N) is 1. The van der Waals surface area contributed by atoms with Gasteiger partial charge in [0.2, 0.25) is 0 Å². The molecule has 118 valence electrons. The molecule has 0 aromatic carbocycles. The van der Waals surface area contributed by atoms with E-state index in [1.54, 1.807) is 0 Å². The Morgan fingerprint density at radius 2 is 1.95 bits per heavy atom. The molecule has 1 saturated heterocycles. The Morgan fingerprint density at radius 3 is 2.65 bits per heavy atom. The molecule has 1 aliphatic carbocycles. The van der Waals surface area contributed by atoms with Crippen molar-refractivity contribution in [3.8, 4) is 0 Å². The number of hydrogen-bond acceptors (Lipinski definition) is 3. The zero-order chi connectivity index (χ0) is 14.3. The number of piperazine rings is 1. The molecule has 2 aliphatic rings. The van der Waals surface area contributed by atoms with Crippen molar-refractivity contribution in [1.82, 2.24) is 10.2 Å². The molecular formula is C17H34N2O. The summed E-state index contributed by atoms with van der Waals surface area (Å²) < 4.78 is 5.79. The summed E-state index contributed by atoms with van der Waals surface area (Å²) in [5, 5.41) is 3.89. The van der Waals surface area contributed by atoms with Crippen LogP contribution in [-0.4, -0.2) is 49.3 Å². The molecule has 1 unspecified atom stereocenters. The lowest BCUT2D eigenvalue weighted by Gasteiger charge is -2.46. The summed E-state index contributed by atoms with van der Waals surface area (Å²) in [7, 11) is 0. The van der Waals surface area contributed by atoms with E-state index >= 15 is 0 Å². The highest BCUT2D eigenvalue weighted by Crippen LogP contribution is 2.33. The molecule has 0 aromatic rings. The highest BCUT2D eigenvalue weighted by molar-refractivity contribution is 5.00. The fourth-order valence-electron chi connectivity index (χ4n) is 3.83. The van der Waals surface area contributed by atoms with Gasteiger partial charge < -0.3 is 10.1 Å². The Morgan fingerprint density at radius 1 is 1.15 bits per heavy atom. The van der Waals surface area contributed by atoms with Crippen molar-refractivity contribution in [2.24, 2.45) is 0 Å². The van der Waals surface area contributed by atoms with Crippen LogP contribution in [0.15, 0.2) is 0 Å². The van der Waals surface area contributed by atoms with E-state index in [0.29, 0.717) is 5.54 Å². The molecule has 2 fully saturated rings. The van der Waals surface area contributed by atoms with Crippen LogP contribution in [-0.2, 0) is 4.74 Å². The minimum atomic E-state index is 0.438. The van der Waals surface area contributed by atoms with Crippen molar-refractivity contribution in [1.29, 1.82) is 0 Å². The van der Waals surface area contributed by atoms with Gasteiger partial charge in [-0.1, -0.05) is 39.5 Å². The van der Waals surface area contributed by atoms with E-state index < -0.39 is 0 Å². The molecule has 0 bridgehead atoms. The quantitative estimate of drug-likeness (QED) is 0.692. The first kappa shape index (κ1) is 16.3. The lowest BCUT2D eigenvalue weighted by atomic mass is 9.91. The average molecular weight is 282 g/mol. The Kier molecular flexibility index (Phi) is 6.79. The summed E-state index contributed by atoms with van der Waals surface area (Å²) >= 11 is 0. The molecule has 0 radical (unpaired) electrons. The van der Waals surface area contributed by atoms with Gasteiger partial charge in [0, 0.05) is 37.8 Å². The lowest BCUT2D eigenvalue weighted by molar-refractivity contribution is 0.0379. The second-order valence-electron chi connectivity index (χ2n) is 6.75. The first-order chi connectivity index (χ1) is 9.79. The fourth-order valence-corrected chi connectivity index (χ4v) is 3.83. The normalized spacial score (nSPS) is 26.4. The Balaban J connectivity index is 1.79. The number of ether oxygens (including phenoxy) is 1. The molecule has 1 N–H and O–H groups in total. The molecule has 1 saturated carbocycles. The van der Waals surface area contributed by atoms with Crippen LogP contribution in [0.25, 0.3) is 0 Å². The third-order valence-corrected chi connectivity index (χ3v) is 5.08. The second-order valence-corrected chi connectivity index (χ2v) is 6.75. The van der Waals surface area contributed by atoms with Gasteiger partial charge in [-0.05, 0) is 25.7 Å². The summed E-state index contributed by atoms with van der Waals surface area (Å²) in [6.07, 6.45) is 10.6. The third kappa shape index (κ3) is 4.44. The van der Waals surface area contributed by atoms with Gasteiger partial charge in [0.1, 0.15) is 0 Å². The van der Waals surface area contributed by atoms with Gasteiger partial charge in [0.15, 0.2) is 0 Å². The summed E-state index contributed by atoms with van der Waals surface area (Å²) in [6, 6.07) is 0.723. The number of rotatable bonds is 8. The Hall–Kier alpha value is -0.120. The van der Waals surface area contributed by atoms with Crippen LogP contribution in [0.5, 0.6) is 0 Å². The predicted molar refractivity (Wildman–Crippen MR) is 85.2 cm³/mol. The van der Waals surface area contributed by atoms with Gasteiger partial charge in [-0.2, -0.15) is 0 Å². The van der Waals surface area contributed by atoms with Crippen LogP contribution in [0.4, 0.5) is 0 Å². The SMILES string of the molecule is CCCCOCCN1CC2(CCCC2)NCC1CCC. The zero-order valence-electron chi connectivity index (χ0n) is 13.6. The van der Waals surface area contributed by atoms with E-state index in [2.05, 4.69) is 24.1 Å². The fraction of sp³-hybridized carbons (Fsp3) is 1.00. The van der Waals surface area contributed by atoms with Crippen molar-refractivity contribution in [2.45, 2.75) is 76.8 Å². The molecule has 1 heterocycles. The molecule has 0 amide bonds. The van der Waals surface area contributed by atoms with E-state index in [4.69, 9.17) is 4.74 Å². The first-order valence-electron chi connectivity index (χ1n) is 8.86. The Labute approximate surface area is 125 Å². The summed E-state index contributed by atoms with van der Waals surface area (Å²) in [4.78, 5) is 2.72. The van der Waals surface area contributed by atoms with Gasteiger partial charge in [-0.25, -0.2) is 0 Å². The van der Waals surface area contributed by atoms with Crippen LogP contribution >= 0.6 is 0 Å². The molecule has 3 heteroatoms. The number of hydrogen-bond donors (Lipinski definition) is 1. The maximum absolute atomic E-state index is 5.79. The van der Waals surface area contributed by atoms with E-state index in [9.17, 15) is 0 Å². The molecule has 20 heavy (non-hydrogen) atoms. The minimum Gasteiger partial charge on any atom is -0.380 e. The van der Waals surface area contributed by atoms with Crippen molar-refractivity contribution in [3.63, 3.8) is 0 Å². The minimum absolute atomic E-state index is 0.438. The number of unbranched alkanes of at least 4 members (excludes halogenated alkanes) is 1. The highest BCUT2D eigenvalue weighted by atomic mass is 16.5. The topological polar surface area (TPSA) is 24.5 Å². The summed E-state index contributed by atoms with van der Waals surface area (Å²) in [5.74, 6) is 0. The van der Waals surface area contributed by atoms with E-state index in [0.717, 1.165) is 25.8 Å². The van der Waals surface area contributed by atoms with Gasteiger partial charge in [-0.15, -0.1) is 0 Å². The van der Waals surface area contributed by atoms with Crippen LogP contribution in [0.2, 0.25) is 0 Å². The van der Waals surface area contributed by atoms with Gasteiger partial charge >= 0.3 is 0 Å². The van der Waals surface area contributed by atoms with E-state index in [1.807, 2.05) is 0 Å². The van der Waals surface area contributed by atoms with Gasteiger partial charge in [0.25, 0.3) is 0 Å². The average Bonchev–Trinajstić information content (AvgIpc) is 2.90. The van der Waals surface area contributed by atoms with Crippen LogP contribution < -0.4 is 5.32 Å². The molecule has 0 aromatic heterocycles.